The Bertz CT molecular complexity index is 535. The highest BCUT2D eigenvalue weighted by atomic mass is 79.9. The first-order valence-corrected chi connectivity index (χ1v) is 7.73. The van der Waals surface area contributed by atoms with E-state index in [0.717, 1.165) is 0 Å². The maximum absolute atomic E-state index is 12.0. The molecule has 6 nitrogen and oxygen atoms in total. The molecule has 0 heterocycles. The van der Waals surface area contributed by atoms with Gasteiger partial charge in [0.2, 0.25) is 5.91 Å². The van der Waals surface area contributed by atoms with E-state index >= 15 is 0 Å². The SMILES string of the molecule is COCCNC(=O)CS(=O)c1ccc(Br)c(C(=O)O)c1. The van der Waals surface area contributed by atoms with Gasteiger partial charge in [-0.25, -0.2) is 4.79 Å². The normalized spacial score (nSPS) is 11.9. The maximum atomic E-state index is 12.0. The standard InChI is InChI=1S/C12H14BrNO5S/c1-19-5-4-14-11(15)7-20(18)8-2-3-10(13)9(6-8)12(16)17/h2-3,6H,4-5,7H2,1H3,(H,14,15)(H,16,17). The Kier molecular flexibility index (Phi) is 6.83. The Morgan fingerprint density at radius 3 is 2.75 bits per heavy atom. The van der Waals surface area contributed by atoms with E-state index in [9.17, 15) is 13.8 Å². The van der Waals surface area contributed by atoms with Crippen molar-refractivity contribution in [3.05, 3.63) is 28.2 Å². The molecule has 1 aromatic rings. The number of methoxy groups -OCH3 is 1. The van der Waals surface area contributed by atoms with Gasteiger partial charge in [0.15, 0.2) is 0 Å². The molecule has 1 atom stereocenters. The first-order valence-electron chi connectivity index (χ1n) is 5.62. The smallest absolute Gasteiger partial charge is 0.336 e. The number of ether oxygens (including phenoxy) is 1. The van der Waals surface area contributed by atoms with Gasteiger partial charge in [0.05, 0.1) is 23.0 Å². The predicted molar refractivity (Wildman–Crippen MR) is 77.3 cm³/mol. The number of benzene rings is 1. The van der Waals surface area contributed by atoms with Gasteiger partial charge in [0.1, 0.15) is 5.75 Å². The molecule has 1 aromatic carbocycles. The fourth-order valence-electron chi connectivity index (χ4n) is 1.36. The second-order valence-electron chi connectivity index (χ2n) is 3.78. The zero-order valence-corrected chi connectivity index (χ0v) is 13.1. The van der Waals surface area contributed by atoms with E-state index in [2.05, 4.69) is 21.2 Å². The molecule has 0 aliphatic carbocycles. The largest absolute Gasteiger partial charge is 0.478 e. The third kappa shape index (κ3) is 5.03. The summed E-state index contributed by atoms with van der Waals surface area (Å²) in [7, 11) is -0.0776. The van der Waals surface area contributed by atoms with Crippen molar-refractivity contribution in [1.82, 2.24) is 5.32 Å². The van der Waals surface area contributed by atoms with Crippen LogP contribution < -0.4 is 5.32 Å². The molecule has 0 radical (unpaired) electrons. The molecule has 0 fully saturated rings. The average molecular weight is 364 g/mol. The zero-order valence-electron chi connectivity index (χ0n) is 10.7. The summed E-state index contributed by atoms with van der Waals surface area (Å²) in [4.78, 5) is 22.8. The molecule has 0 aliphatic heterocycles. The Morgan fingerprint density at radius 2 is 2.15 bits per heavy atom. The zero-order chi connectivity index (χ0) is 15.1. The van der Waals surface area contributed by atoms with E-state index in [4.69, 9.17) is 9.84 Å². The Labute approximate surface area is 127 Å². The summed E-state index contributed by atoms with van der Waals surface area (Å²) in [6.45, 7) is 0.715. The van der Waals surface area contributed by atoms with E-state index in [1.54, 1.807) is 0 Å². The predicted octanol–water partition coefficient (Wildman–Crippen LogP) is 1.02. The highest BCUT2D eigenvalue weighted by molar-refractivity contribution is 9.10. The number of carboxylic acid groups (broad SMARTS) is 1. The minimum Gasteiger partial charge on any atom is -0.478 e. The van der Waals surface area contributed by atoms with Gasteiger partial charge in [0, 0.05) is 23.0 Å². The molecule has 0 aromatic heterocycles. The number of nitrogens with one attached hydrogen (secondary N) is 1. The fourth-order valence-corrected chi connectivity index (χ4v) is 2.75. The molecular weight excluding hydrogens is 350 g/mol. The van der Waals surface area contributed by atoms with Crippen molar-refractivity contribution < 1.29 is 23.6 Å². The lowest BCUT2D eigenvalue weighted by molar-refractivity contribution is -0.118. The molecule has 8 heteroatoms. The lowest BCUT2D eigenvalue weighted by Crippen LogP contribution is -2.31. The van der Waals surface area contributed by atoms with Crippen LogP contribution in [0.5, 0.6) is 0 Å². The van der Waals surface area contributed by atoms with Crippen LogP contribution in [-0.4, -0.2) is 47.2 Å². The second-order valence-corrected chi connectivity index (χ2v) is 6.08. The van der Waals surface area contributed by atoms with Gasteiger partial charge in [-0.2, -0.15) is 0 Å². The van der Waals surface area contributed by atoms with Crippen molar-refractivity contribution in [2.75, 3.05) is 26.0 Å². The minimum absolute atomic E-state index is 0.00985. The number of carbonyl (C=O) groups is 2. The number of rotatable bonds is 7. The Morgan fingerprint density at radius 1 is 1.45 bits per heavy atom. The number of hydrogen-bond donors (Lipinski definition) is 2. The van der Waals surface area contributed by atoms with E-state index in [0.29, 0.717) is 22.5 Å². The van der Waals surface area contributed by atoms with Crippen LogP contribution in [0.4, 0.5) is 0 Å². The molecule has 2 N–H and O–H groups in total. The molecule has 1 amide bonds. The van der Waals surface area contributed by atoms with Crippen LogP contribution >= 0.6 is 15.9 Å². The highest BCUT2D eigenvalue weighted by Gasteiger charge is 2.14. The van der Waals surface area contributed by atoms with E-state index in [-0.39, 0.29) is 17.2 Å². The highest BCUT2D eigenvalue weighted by Crippen LogP contribution is 2.20. The third-order valence-electron chi connectivity index (χ3n) is 2.32. The first kappa shape index (κ1) is 16.8. The van der Waals surface area contributed by atoms with Gasteiger partial charge in [-0.15, -0.1) is 0 Å². The van der Waals surface area contributed by atoms with Crippen LogP contribution in [0.25, 0.3) is 0 Å². The summed E-state index contributed by atoms with van der Waals surface area (Å²) in [6.07, 6.45) is 0. The Hall–Kier alpha value is -1.25. The number of aromatic carboxylic acids is 1. The van der Waals surface area contributed by atoms with E-state index < -0.39 is 16.8 Å². The van der Waals surface area contributed by atoms with Crippen molar-refractivity contribution in [3.63, 3.8) is 0 Å². The molecule has 0 saturated carbocycles. The molecule has 1 rings (SSSR count). The number of halogens is 1. The van der Waals surface area contributed by atoms with Crippen LogP contribution in [0.2, 0.25) is 0 Å². The minimum atomic E-state index is -1.59. The van der Waals surface area contributed by atoms with Crippen molar-refractivity contribution in [3.8, 4) is 0 Å². The van der Waals surface area contributed by atoms with Crippen LogP contribution in [0.3, 0.4) is 0 Å². The molecule has 110 valence electrons. The van der Waals surface area contributed by atoms with Gasteiger partial charge in [0.25, 0.3) is 0 Å². The van der Waals surface area contributed by atoms with Gasteiger partial charge in [-0.05, 0) is 34.1 Å². The lowest BCUT2D eigenvalue weighted by Gasteiger charge is -2.06. The molecular formula is C12H14BrNO5S. The maximum Gasteiger partial charge on any atom is 0.336 e. The summed E-state index contributed by atoms with van der Waals surface area (Å²) in [5.74, 6) is -1.72. The summed E-state index contributed by atoms with van der Waals surface area (Å²) in [5.41, 5.74) is 0.00985. The quantitative estimate of drug-likeness (QED) is 0.705. The molecule has 0 bridgehead atoms. The van der Waals surface area contributed by atoms with Gasteiger partial charge in [-0.3, -0.25) is 9.00 Å². The van der Waals surface area contributed by atoms with Crippen molar-refractivity contribution in [2.45, 2.75) is 4.90 Å². The van der Waals surface area contributed by atoms with Gasteiger partial charge in [-0.1, -0.05) is 0 Å². The molecule has 0 saturated heterocycles. The van der Waals surface area contributed by atoms with Crippen LogP contribution in [-0.2, 0) is 20.3 Å². The lowest BCUT2D eigenvalue weighted by atomic mass is 10.2. The first-order chi connectivity index (χ1) is 9.45. The Balaban J connectivity index is 2.70. The number of hydrogen-bond acceptors (Lipinski definition) is 4. The van der Waals surface area contributed by atoms with Gasteiger partial charge >= 0.3 is 5.97 Å². The topological polar surface area (TPSA) is 92.7 Å². The average Bonchev–Trinajstić information content (AvgIpc) is 2.39. The monoisotopic (exact) mass is 363 g/mol. The molecule has 1 unspecified atom stereocenters. The van der Waals surface area contributed by atoms with Crippen molar-refractivity contribution in [2.24, 2.45) is 0 Å². The fraction of sp³-hybridized carbons (Fsp3) is 0.333. The third-order valence-corrected chi connectivity index (χ3v) is 4.32. The van der Waals surface area contributed by atoms with Crippen molar-refractivity contribution >= 4 is 38.6 Å². The van der Waals surface area contributed by atoms with E-state index in [1.165, 1.54) is 25.3 Å². The van der Waals surface area contributed by atoms with Crippen LogP contribution in [0, 0.1) is 0 Å². The molecule has 0 spiro atoms. The molecule has 0 aliphatic rings. The van der Waals surface area contributed by atoms with Crippen molar-refractivity contribution in [1.29, 1.82) is 0 Å². The van der Waals surface area contributed by atoms with Gasteiger partial charge < -0.3 is 15.2 Å². The summed E-state index contributed by atoms with van der Waals surface area (Å²) < 4.78 is 17.2. The molecule has 20 heavy (non-hydrogen) atoms. The van der Waals surface area contributed by atoms with Crippen LogP contribution in [0.1, 0.15) is 10.4 Å². The number of amides is 1. The number of carbonyl (C=O) groups excluding carboxylic acids is 1. The summed E-state index contributed by atoms with van der Waals surface area (Å²) in [6, 6.07) is 4.32. The van der Waals surface area contributed by atoms with E-state index in [1.807, 2.05) is 0 Å². The summed E-state index contributed by atoms with van der Waals surface area (Å²) >= 11 is 3.10. The summed E-state index contributed by atoms with van der Waals surface area (Å²) in [5, 5.41) is 11.5. The van der Waals surface area contributed by atoms with Crippen LogP contribution in [0.15, 0.2) is 27.6 Å². The number of carboxylic acids is 1. The second kappa shape index (κ2) is 8.13.